The maximum Gasteiger partial charge on any atom is 0.260 e. The first-order chi connectivity index (χ1) is 5.41. The van der Waals surface area contributed by atoms with Crippen molar-refractivity contribution >= 4 is 9.76 Å². The molecule has 0 spiro atoms. The highest BCUT2D eigenvalue weighted by Gasteiger charge is 1.85. The van der Waals surface area contributed by atoms with Crippen molar-refractivity contribution in [1.82, 2.24) is 0 Å². The molecule has 0 saturated carbocycles. The van der Waals surface area contributed by atoms with Crippen molar-refractivity contribution in [2.24, 2.45) is 0 Å². The molecule has 3 heteroatoms. The number of ether oxygens (including phenoxy) is 1. The van der Waals surface area contributed by atoms with E-state index in [1.165, 1.54) is 0 Å². The van der Waals surface area contributed by atoms with Gasteiger partial charge in [0.1, 0.15) is 0 Å². The van der Waals surface area contributed by atoms with Gasteiger partial charge in [0.25, 0.3) is 9.76 Å². The standard InChI is InChI=1S/C8H16O2Si/c1-3-5-8-11-10-7-6-9-4-2/h5,8H,3-4,6-7H2,1-2H3/b8-5+. The molecule has 0 aromatic rings. The van der Waals surface area contributed by atoms with Gasteiger partial charge in [0, 0.05) is 6.61 Å². The summed E-state index contributed by atoms with van der Waals surface area (Å²) in [6.45, 7) is 6.29. The van der Waals surface area contributed by atoms with E-state index in [4.69, 9.17) is 9.16 Å². The van der Waals surface area contributed by atoms with Crippen LogP contribution in [0, 0.1) is 0 Å². The Labute approximate surface area is 71.5 Å². The first kappa shape index (κ1) is 10.9. The van der Waals surface area contributed by atoms with Gasteiger partial charge in [-0.3, -0.25) is 0 Å². The molecule has 0 heterocycles. The Hall–Kier alpha value is -0.123. The van der Waals surface area contributed by atoms with E-state index < -0.39 is 0 Å². The fourth-order valence-electron chi connectivity index (χ4n) is 0.518. The molecule has 0 rings (SSSR count). The van der Waals surface area contributed by atoms with E-state index in [2.05, 4.69) is 18.7 Å². The second-order valence-electron chi connectivity index (χ2n) is 1.97. The molecule has 0 aromatic carbocycles. The van der Waals surface area contributed by atoms with E-state index >= 15 is 0 Å². The molecule has 0 amide bonds. The van der Waals surface area contributed by atoms with Gasteiger partial charge in [-0.2, -0.15) is 0 Å². The highest BCUT2D eigenvalue weighted by atomic mass is 28.2. The molecule has 0 aromatic heterocycles. The summed E-state index contributed by atoms with van der Waals surface area (Å²) in [6, 6.07) is 0. The highest BCUT2D eigenvalue weighted by molar-refractivity contribution is 6.34. The van der Waals surface area contributed by atoms with E-state index in [1.54, 1.807) is 0 Å². The molecule has 0 aliphatic rings. The van der Waals surface area contributed by atoms with Crippen LogP contribution >= 0.6 is 0 Å². The second-order valence-corrected chi connectivity index (χ2v) is 2.83. The molecule has 0 aliphatic carbocycles. The van der Waals surface area contributed by atoms with Crippen LogP contribution in [-0.4, -0.2) is 29.6 Å². The summed E-state index contributed by atoms with van der Waals surface area (Å²) in [7, 11) is 0.490. The third-order valence-electron chi connectivity index (χ3n) is 1.04. The van der Waals surface area contributed by atoms with Crippen LogP contribution < -0.4 is 0 Å². The largest absolute Gasteiger partial charge is 0.410 e. The summed E-state index contributed by atoms with van der Waals surface area (Å²) >= 11 is 0. The number of hydrogen-bond acceptors (Lipinski definition) is 2. The summed E-state index contributed by atoms with van der Waals surface area (Å²) in [6.07, 6.45) is 3.20. The van der Waals surface area contributed by atoms with Gasteiger partial charge in [0.2, 0.25) is 0 Å². The molecular weight excluding hydrogens is 156 g/mol. The van der Waals surface area contributed by atoms with Crippen molar-refractivity contribution in [1.29, 1.82) is 0 Å². The lowest BCUT2D eigenvalue weighted by atomic mass is 10.5. The zero-order valence-electron chi connectivity index (χ0n) is 7.30. The van der Waals surface area contributed by atoms with Gasteiger partial charge in [-0.05, 0) is 13.3 Å². The summed E-state index contributed by atoms with van der Waals surface area (Å²) in [5.74, 6) is 0. The topological polar surface area (TPSA) is 18.5 Å². The number of hydrogen-bond donors (Lipinski definition) is 0. The Morgan fingerprint density at radius 3 is 2.73 bits per heavy atom. The maximum absolute atomic E-state index is 5.25. The molecule has 0 atom stereocenters. The minimum Gasteiger partial charge on any atom is -0.410 e. The van der Waals surface area contributed by atoms with E-state index in [-0.39, 0.29) is 0 Å². The first-order valence-corrected chi connectivity index (χ1v) is 5.00. The van der Waals surface area contributed by atoms with Crippen LogP contribution in [0.2, 0.25) is 0 Å². The van der Waals surface area contributed by atoms with Crippen molar-refractivity contribution in [3.05, 3.63) is 11.8 Å². The molecule has 0 unspecified atom stereocenters. The zero-order valence-corrected chi connectivity index (χ0v) is 8.30. The molecule has 2 radical (unpaired) electrons. The Bertz CT molecular complexity index is 94.1. The summed E-state index contributed by atoms with van der Waals surface area (Å²) < 4.78 is 10.3. The highest BCUT2D eigenvalue weighted by Crippen LogP contribution is 1.80. The second kappa shape index (κ2) is 9.88. The normalized spacial score (nSPS) is 11.1. The van der Waals surface area contributed by atoms with Gasteiger partial charge >= 0.3 is 0 Å². The van der Waals surface area contributed by atoms with Crippen LogP contribution in [0.5, 0.6) is 0 Å². The molecule has 64 valence electrons. The molecular formula is C8H16O2Si. The predicted molar refractivity (Wildman–Crippen MR) is 47.6 cm³/mol. The summed E-state index contributed by atoms with van der Waals surface area (Å²) in [4.78, 5) is 0. The van der Waals surface area contributed by atoms with Gasteiger partial charge in [0.15, 0.2) is 0 Å². The van der Waals surface area contributed by atoms with E-state index in [1.807, 2.05) is 6.92 Å². The smallest absolute Gasteiger partial charge is 0.260 e. The van der Waals surface area contributed by atoms with E-state index in [0.717, 1.165) is 13.0 Å². The van der Waals surface area contributed by atoms with Crippen molar-refractivity contribution in [2.45, 2.75) is 20.3 Å². The van der Waals surface area contributed by atoms with Crippen LogP contribution in [0.1, 0.15) is 20.3 Å². The van der Waals surface area contributed by atoms with Crippen LogP contribution in [0.25, 0.3) is 0 Å². The van der Waals surface area contributed by atoms with Gasteiger partial charge in [-0.25, -0.2) is 0 Å². The van der Waals surface area contributed by atoms with Crippen molar-refractivity contribution in [3.8, 4) is 0 Å². The van der Waals surface area contributed by atoms with Gasteiger partial charge < -0.3 is 9.16 Å². The Kier molecular flexibility index (Phi) is 9.77. The molecule has 2 nitrogen and oxygen atoms in total. The van der Waals surface area contributed by atoms with E-state index in [0.29, 0.717) is 23.0 Å². The van der Waals surface area contributed by atoms with Gasteiger partial charge in [-0.1, -0.05) is 18.7 Å². The van der Waals surface area contributed by atoms with Crippen LogP contribution in [0.4, 0.5) is 0 Å². The lowest BCUT2D eigenvalue weighted by Gasteiger charge is -1.99. The molecule has 11 heavy (non-hydrogen) atoms. The Morgan fingerprint density at radius 1 is 1.27 bits per heavy atom. The lowest BCUT2D eigenvalue weighted by molar-refractivity contribution is 0.112. The average Bonchev–Trinajstić information content (AvgIpc) is 2.03. The van der Waals surface area contributed by atoms with Crippen LogP contribution in [0.15, 0.2) is 11.8 Å². The van der Waals surface area contributed by atoms with Crippen molar-refractivity contribution in [3.63, 3.8) is 0 Å². The Morgan fingerprint density at radius 2 is 2.09 bits per heavy atom. The monoisotopic (exact) mass is 172 g/mol. The molecule has 0 fully saturated rings. The minimum atomic E-state index is 0.490. The molecule has 0 saturated heterocycles. The third-order valence-corrected chi connectivity index (χ3v) is 1.78. The third kappa shape index (κ3) is 9.88. The fourth-order valence-corrected chi connectivity index (χ4v) is 1.15. The summed E-state index contributed by atoms with van der Waals surface area (Å²) in [5, 5.41) is 0. The zero-order chi connectivity index (χ0) is 8.36. The predicted octanol–water partition coefficient (Wildman–Crippen LogP) is 1.58. The average molecular weight is 172 g/mol. The van der Waals surface area contributed by atoms with Gasteiger partial charge in [0.05, 0.1) is 13.2 Å². The quantitative estimate of drug-likeness (QED) is 0.429. The number of allylic oxidation sites excluding steroid dienone is 1. The van der Waals surface area contributed by atoms with Crippen molar-refractivity contribution < 1.29 is 9.16 Å². The van der Waals surface area contributed by atoms with Crippen molar-refractivity contribution in [2.75, 3.05) is 19.8 Å². The van der Waals surface area contributed by atoms with Crippen LogP contribution in [-0.2, 0) is 9.16 Å². The first-order valence-electron chi connectivity index (χ1n) is 4.01. The van der Waals surface area contributed by atoms with Gasteiger partial charge in [-0.15, -0.1) is 0 Å². The van der Waals surface area contributed by atoms with Crippen LogP contribution in [0.3, 0.4) is 0 Å². The fraction of sp³-hybridized carbons (Fsp3) is 0.750. The van der Waals surface area contributed by atoms with E-state index in [9.17, 15) is 0 Å². The lowest BCUT2D eigenvalue weighted by Crippen LogP contribution is -2.05. The summed E-state index contributed by atoms with van der Waals surface area (Å²) in [5.41, 5.74) is 2.06. The molecule has 0 bridgehead atoms. The SMILES string of the molecule is CC/C=C/[Si]OCCOCC. The molecule has 0 aliphatic heterocycles. The maximum atomic E-state index is 5.25. The molecule has 0 N–H and O–H groups in total. The Balaban J connectivity index is 2.85. The number of rotatable bonds is 7. The minimum absolute atomic E-state index is 0.490.